The van der Waals surface area contributed by atoms with Crippen LogP contribution in [0.1, 0.15) is 21.7 Å². The van der Waals surface area contributed by atoms with Gasteiger partial charge < -0.3 is 9.30 Å². The SMILES string of the molecule is O=C(c1ccc(Cl)cc1)N1CCc2nc3ccccn3c2C1. The van der Waals surface area contributed by atoms with Crippen molar-refractivity contribution >= 4 is 23.2 Å². The first-order chi connectivity index (χ1) is 10.7. The molecule has 0 N–H and O–H groups in total. The molecule has 0 unspecified atom stereocenters. The lowest BCUT2D eigenvalue weighted by molar-refractivity contribution is 0.0731. The number of carbonyl (C=O) groups is 1. The van der Waals surface area contributed by atoms with Crippen molar-refractivity contribution in [1.29, 1.82) is 0 Å². The topological polar surface area (TPSA) is 37.6 Å². The molecule has 2 aromatic heterocycles. The molecule has 0 saturated carbocycles. The minimum atomic E-state index is 0.0354. The fourth-order valence-electron chi connectivity index (χ4n) is 2.91. The molecule has 0 atom stereocenters. The summed E-state index contributed by atoms with van der Waals surface area (Å²) < 4.78 is 2.07. The number of hydrogen-bond acceptors (Lipinski definition) is 2. The van der Waals surface area contributed by atoms with Gasteiger partial charge in [-0.15, -0.1) is 0 Å². The molecule has 3 heterocycles. The zero-order valence-corrected chi connectivity index (χ0v) is 12.6. The summed E-state index contributed by atoms with van der Waals surface area (Å²) in [6, 6.07) is 13.0. The Hall–Kier alpha value is -2.33. The Balaban J connectivity index is 1.66. The molecule has 1 aliphatic rings. The van der Waals surface area contributed by atoms with E-state index in [2.05, 4.69) is 9.38 Å². The third kappa shape index (κ3) is 2.16. The van der Waals surface area contributed by atoms with Crippen molar-refractivity contribution in [1.82, 2.24) is 14.3 Å². The molecule has 22 heavy (non-hydrogen) atoms. The monoisotopic (exact) mass is 311 g/mol. The maximum Gasteiger partial charge on any atom is 0.254 e. The van der Waals surface area contributed by atoms with Gasteiger partial charge in [-0.1, -0.05) is 17.7 Å². The summed E-state index contributed by atoms with van der Waals surface area (Å²) in [5.74, 6) is 0.0354. The highest BCUT2D eigenvalue weighted by molar-refractivity contribution is 6.30. The molecule has 1 aromatic carbocycles. The van der Waals surface area contributed by atoms with Gasteiger partial charge in [0.15, 0.2) is 0 Å². The summed E-state index contributed by atoms with van der Waals surface area (Å²) in [5.41, 5.74) is 3.80. The highest BCUT2D eigenvalue weighted by Gasteiger charge is 2.25. The van der Waals surface area contributed by atoms with Gasteiger partial charge in [0.05, 0.1) is 17.9 Å². The van der Waals surface area contributed by atoms with Gasteiger partial charge in [0.1, 0.15) is 5.65 Å². The molecule has 1 aliphatic heterocycles. The number of hydrogen-bond donors (Lipinski definition) is 0. The van der Waals surface area contributed by atoms with Gasteiger partial charge in [0, 0.05) is 29.7 Å². The molecule has 4 rings (SSSR count). The third-order valence-corrected chi connectivity index (χ3v) is 4.30. The number of aromatic nitrogens is 2. The van der Waals surface area contributed by atoms with Crippen molar-refractivity contribution in [3.8, 4) is 0 Å². The number of carbonyl (C=O) groups excluding carboxylic acids is 1. The van der Waals surface area contributed by atoms with Gasteiger partial charge in [-0.2, -0.15) is 0 Å². The average molecular weight is 312 g/mol. The Kier molecular flexibility index (Phi) is 3.12. The van der Waals surface area contributed by atoms with Gasteiger partial charge in [-0.3, -0.25) is 4.79 Å². The zero-order chi connectivity index (χ0) is 15.1. The van der Waals surface area contributed by atoms with Crippen molar-refractivity contribution in [3.05, 3.63) is 70.6 Å². The van der Waals surface area contributed by atoms with Crippen LogP contribution in [0.3, 0.4) is 0 Å². The van der Waals surface area contributed by atoms with Crippen LogP contribution in [0.5, 0.6) is 0 Å². The predicted molar refractivity (Wildman–Crippen MR) is 85.1 cm³/mol. The number of nitrogens with zero attached hydrogens (tertiary/aromatic N) is 3. The fraction of sp³-hybridized carbons (Fsp3) is 0.176. The van der Waals surface area contributed by atoms with Crippen LogP contribution >= 0.6 is 11.6 Å². The summed E-state index contributed by atoms with van der Waals surface area (Å²) in [5, 5.41) is 0.638. The van der Waals surface area contributed by atoms with Crippen molar-refractivity contribution in [2.45, 2.75) is 13.0 Å². The zero-order valence-electron chi connectivity index (χ0n) is 11.9. The average Bonchev–Trinajstić information content (AvgIpc) is 2.92. The van der Waals surface area contributed by atoms with Gasteiger partial charge >= 0.3 is 0 Å². The molecule has 0 spiro atoms. The molecule has 0 aliphatic carbocycles. The summed E-state index contributed by atoms with van der Waals surface area (Å²) in [6.07, 6.45) is 2.79. The van der Waals surface area contributed by atoms with E-state index in [-0.39, 0.29) is 5.91 Å². The van der Waals surface area contributed by atoms with E-state index in [0.717, 1.165) is 23.5 Å². The van der Waals surface area contributed by atoms with E-state index in [1.165, 1.54) is 0 Å². The molecule has 0 fully saturated rings. The van der Waals surface area contributed by atoms with Crippen LogP contribution in [0, 0.1) is 0 Å². The molecule has 1 amide bonds. The lowest BCUT2D eigenvalue weighted by Gasteiger charge is -2.26. The Morgan fingerprint density at radius 1 is 1.14 bits per heavy atom. The smallest absolute Gasteiger partial charge is 0.254 e. The number of benzene rings is 1. The molecule has 0 saturated heterocycles. The van der Waals surface area contributed by atoms with Gasteiger partial charge in [0.2, 0.25) is 0 Å². The lowest BCUT2D eigenvalue weighted by Crippen LogP contribution is -2.36. The Morgan fingerprint density at radius 3 is 2.77 bits per heavy atom. The molecular formula is C17H14ClN3O. The molecule has 110 valence electrons. The quantitative estimate of drug-likeness (QED) is 0.692. The van der Waals surface area contributed by atoms with Crippen LogP contribution in [0.4, 0.5) is 0 Å². The van der Waals surface area contributed by atoms with Gasteiger partial charge in [-0.05, 0) is 36.4 Å². The molecule has 5 heteroatoms. The fourth-order valence-corrected chi connectivity index (χ4v) is 3.04. The Labute approximate surface area is 133 Å². The number of amides is 1. The second-order valence-corrected chi connectivity index (χ2v) is 5.85. The normalized spacial score (nSPS) is 14.1. The number of rotatable bonds is 1. The number of pyridine rings is 1. The third-order valence-electron chi connectivity index (χ3n) is 4.05. The maximum absolute atomic E-state index is 12.6. The van der Waals surface area contributed by atoms with Crippen LogP contribution < -0.4 is 0 Å². The van der Waals surface area contributed by atoms with Crippen LogP contribution in [0.2, 0.25) is 5.02 Å². The highest BCUT2D eigenvalue weighted by Crippen LogP contribution is 2.22. The minimum Gasteiger partial charge on any atom is -0.332 e. The highest BCUT2D eigenvalue weighted by atomic mass is 35.5. The Morgan fingerprint density at radius 2 is 1.95 bits per heavy atom. The summed E-state index contributed by atoms with van der Waals surface area (Å²) in [4.78, 5) is 19.1. The second kappa shape index (κ2) is 5.14. The van der Waals surface area contributed by atoms with Crippen LogP contribution in [0.15, 0.2) is 48.7 Å². The van der Waals surface area contributed by atoms with E-state index in [0.29, 0.717) is 23.7 Å². The van der Waals surface area contributed by atoms with Crippen LogP contribution in [-0.4, -0.2) is 26.7 Å². The number of imidazole rings is 1. The van der Waals surface area contributed by atoms with E-state index >= 15 is 0 Å². The second-order valence-electron chi connectivity index (χ2n) is 5.42. The Bertz CT molecular complexity index is 854. The summed E-state index contributed by atoms with van der Waals surface area (Å²) in [6.45, 7) is 1.28. The molecular weight excluding hydrogens is 298 g/mol. The van der Waals surface area contributed by atoms with Gasteiger partial charge in [0.25, 0.3) is 5.91 Å². The van der Waals surface area contributed by atoms with Crippen LogP contribution in [0.25, 0.3) is 5.65 Å². The van der Waals surface area contributed by atoms with Crippen molar-refractivity contribution in [2.75, 3.05) is 6.54 Å². The number of halogens is 1. The van der Waals surface area contributed by atoms with Gasteiger partial charge in [-0.25, -0.2) is 4.98 Å². The van der Waals surface area contributed by atoms with E-state index in [9.17, 15) is 4.79 Å². The predicted octanol–water partition coefficient (Wildman–Crippen LogP) is 3.19. The minimum absolute atomic E-state index is 0.0354. The summed E-state index contributed by atoms with van der Waals surface area (Å²) in [7, 11) is 0. The molecule has 0 bridgehead atoms. The first-order valence-corrected chi connectivity index (χ1v) is 7.60. The first-order valence-electron chi connectivity index (χ1n) is 7.22. The van der Waals surface area contributed by atoms with Crippen molar-refractivity contribution in [3.63, 3.8) is 0 Å². The largest absolute Gasteiger partial charge is 0.332 e. The molecule has 3 aromatic rings. The maximum atomic E-state index is 12.6. The van der Waals surface area contributed by atoms with E-state index in [1.807, 2.05) is 29.3 Å². The lowest BCUT2D eigenvalue weighted by atomic mass is 10.1. The molecule has 4 nitrogen and oxygen atoms in total. The van der Waals surface area contributed by atoms with E-state index in [4.69, 9.17) is 11.6 Å². The van der Waals surface area contributed by atoms with Crippen molar-refractivity contribution in [2.24, 2.45) is 0 Å². The summed E-state index contributed by atoms with van der Waals surface area (Å²) >= 11 is 5.88. The first kappa shape index (κ1) is 13.3. The molecule has 0 radical (unpaired) electrons. The number of fused-ring (bicyclic) bond motifs is 3. The van der Waals surface area contributed by atoms with Crippen LogP contribution in [-0.2, 0) is 13.0 Å². The van der Waals surface area contributed by atoms with E-state index in [1.54, 1.807) is 24.3 Å². The van der Waals surface area contributed by atoms with Crippen molar-refractivity contribution < 1.29 is 4.79 Å². The van der Waals surface area contributed by atoms with E-state index < -0.39 is 0 Å². The standard InChI is InChI=1S/C17H14ClN3O/c18-13-6-4-12(5-7-13)17(22)20-10-8-14-15(11-20)21-9-2-1-3-16(21)19-14/h1-7,9H,8,10-11H2.